The maximum Gasteiger partial charge on any atom is 0.251 e. The van der Waals surface area contributed by atoms with Crippen LogP contribution in [0.5, 0.6) is 0 Å². The number of rotatable bonds is 3. The number of halogens is 1. The molecule has 0 aliphatic carbocycles. The Morgan fingerprint density at radius 2 is 1.95 bits per heavy atom. The number of hydrogen-bond acceptors (Lipinski definition) is 2. The average molecular weight is 275 g/mol. The van der Waals surface area contributed by atoms with Gasteiger partial charge in [-0.1, -0.05) is 29.8 Å². The van der Waals surface area contributed by atoms with Gasteiger partial charge < -0.3 is 11.1 Å². The highest BCUT2D eigenvalue weighted by Crippen LogP contribution is 2.18. The number of carbonyl (C=O) groups is 1. The van der Waals surface area contributed by atoms with Crippen LogP contribution in [-0.2, 0) is 0 Å². The molecule has 0 aromatic heterocycles. The Morgan fingerprint density at radius 3 is 2.63 bits per heavy atom. The Labute approximate surface area is 117 Å². The molecule has 1 atom stereocenters. The summed E-state index contributed by atoms with van der Waals surface area (Å²) in [6.45, 7) is 1.91. The Kier molecular flexibility index (Phi) is 4.07. The highest BCUT2D eigenvalue weighted by molar-refractivity contribution is 6.30. The molecule has 0 saturated heterocycles. The third-order valence-corrected chi connectivity index (χ3v) is 3.08. The lowest BCUT2D eigenvalue weighted by Gasteiger charge is -2.14. The lowest BCUT2D eigenvalue weighted by atomic mass is 10.1. The predicted octanol–water partition coefficient (Wildman–Crippen LogP) is 3.41. The highest BCUT2D eigenvalue weighted by Gasteiger charge is 2.11. The van der Waals surface area contributed by atoms with E-state index in [2.05, 4.69) is 5.32 Å². The van der Waals surface area contributed by atoms with E-state index in [-0.39, 0.29) is 11.9 Å². The van der Waals surface area contributed by atoms with Gasteiger partial charge in [0.2, 0.25) is 0 Å². The van der Waals surface area contributed by atoms with E-state index in [4.69, 9.17) is 17.3 Å². The fraction of sp³-hybridized carbons (Fsp3) is 0.133. The van der Waals surface area contributed by atoms with Crippen molar-refractivity contribution in [2.24, 2.45) is 0 Å². The molecule has 0 saturated carbocycles. The first-order valence-corrected chi connectivity index (χ1v) is 6.36. The second-order valence-electron chi connectivity index (χ2n) is 4.38. The van der Waals surface area contributed by atoms with Gasteiger partial charge >= 0.3 is 0 Å². The summed E-state index contributed by atoms with van der Waals surface area (Å²) in [5.74, 6) is -0.153. The van der Waals surface area contributed by atoms with Crippen LogP contribution in [0.25, 0.3) is 0 Å². The van der Waals surface area contributed by atoms with E-state index in [1.807, 2.05) is 25.1 Å². The number of hydrogen-bond donors (Lipinski definition) is 2. The van der Waals surface area contributed by atoms with Crippen LogP contribution in [0, 0.1) is 0 Å². The van der Waals surface area contributed by atoms with E-state index in [1.165, 1.54) is 0 Å². The van der Waals surface area contributed by atoms with E-state index in [0.717, 1.165) is 5.56 Å². The minimum atomic E-state index is -0.153. The monoisotopic (exact) mass is 274 g/mol. The van der Waals surface area contributed by atoms with Crippen molar-refractivity contribution in [2.45, 2.75) is 13.0 Å². The normalized spacial score (nSPS) is 11.9. The molecule has 2 aromatic rings. The molecule has 3 N–H and O–H groups in total. The summed E-state index contributed by atoms with van der Waals surface area (Å²) >= 11 is 5.93. The maximum absolute atomic E-state index is 12.1. The minimum Gasteiger partial charge on any atom is -0.399 e. The lowest BCUT2D eigenvalue weighted by Crippen LogP contribution is -2.26. The molecule has 98 valence electrons. The number of benzene rings is 2. The van der Waals surface area contributed by atoms with Crippen molar-refractivity contribution >= 4 is 23.2 Å². The smallest absolute Gasteiger partial charge is 0.251 e. The highest BCUT2D eigenvalue weighted by atomic mass is 35.5. The number of nitrogen functional groups attached to an aromatic ring is 1. The van der Waals surface area contributed by atoms with Crippen molar-refractivity contribution in [3.05, 3.63) is 64.7 Å². The number of nitrogens with two attached hydrogens (primary N) is 1. The zero-order chi connectivity index (χ0) is 13.8. The van der Waals surface area contributed by atoms with E-state index >= 15 is 0 Å². The first kappa shape index (κ1) is 13.4. The van der Waals surface area contributed by atoms with Crippen molar-refractivity contribution in [3.63, 3.8) is 0 Å². The molecule has 0 heterocycles. The predicted molar refractivity (Wildman–Crippen MR) is 78.2 cm³/mol. The van der Waals surface area contributed by atoms with Gasteiger partial charge in [-0.05, 0) is 42.8 Å². The molecule has 0 bridgehead atoms. The molecule has 19 heavy (non-hydrogen) atoms. The van der Waals surface area contributed by atoms with Gasteiger partial charge in [0.05, 0.1) is 6.04 Å². The van der Waals surface area contributed by atoms with Crippen molar-refractivity contribution < 1.29 is 4.79 Å². The van der Waals surface area contributed by atoms with Crippen LogP contribution >= 0.6 is 11.6 Å². The van der Waals surface area contributed by atoms with Gasteiger partial charge in [0.1, 0.15) is 0 Å². The summed E-state index contributed by atoms with van der Waals surface area (Å²) in [4.78, 5) is 12.1. The maximum atomic E-state index is 12.1. The molecule has 0 fully saturated rings. The summed E-state index contributed by atoms with van der Waals surface area (Å²) in [7, 11) is 0. The van der Waals surface area contributed by atoms with Gasteiger partial charge in [-0.15, -0.1) is 0 Å². The van der Waals surface area contributed by atoms with E-state index in [0.29, 0.717) is 16.3 Å². The number of anilines is 1. The number of nitrogens with one attached hydrogen (secondary N) is 1. The van der Waals surface area contributed by atoms with Crippen LogP contribution in [0.3, 0.4) is 0 Å². The Balaban J connectivity index is 2.11. The third-order valence-electron chi connectivity index (χ3n) is 2.85. The molecular formula is C15H15ClN2O. The van der Waals surface area contributed by atoms with Crippen molar-refractivity contribution in [1.29, 1.82) is 0 Å². The zero-order valence-electron chi connectivity index (χ0n) is 10.6. The standard InChI is InChI=1S/C15H15ClN2O/c1-10(11-4-2-6-13(16)8-11)18-15(19)12-5-3-7-14(17)9-12/h2-10H,17H2,1H3,(H,18,19)/t10-/m1/s1. The largest absolute Gasteiger partial charge is 0.399 e. The Hall–Kier alpha value is -2.00. The van der Waals surface area contributed by atoms with E-state index in [9.17, 15) is 4.79 Å². The summed E-state index contributed by atoms with van der Waals surface area (Å²) in [6.07, 6.45) is 0. The van der Waals surface area contributed by atoms with Crippen molar-refractivity contribution in [2.75, 3.05) is 5.73 Å². The molecule has 2 rings (SSSR count). The second kappa shape index (κ2) is 5.76. The van der Waals surface area contributed by atoms with Gasteiger partial charge in [-0.25, -0.2) is 0 Å². The summed E-state index contributed by atoms with van der Waals surface area (Å²) < 4.78 is 0. The first-order valence-electron chi connectivity index (χ1n) is 5.98. The van der Waals surface area contributed by atoms with Crippen LogP contribution in [0.1, 0.15) is 28.9 Å². The second-order valence-corrected chi connectivity index (χ2v) is 4.81. The number of carbonyl (C=O) groups excluding carboxylic acids is 1. The quantitative estimate of drug-likeness (QED) is 0.843. The van der Waals surface area contributed by atoms with Crippen molar-refractivity contribution in [1.82, 2.24) is 5.32 Å². The summed E-state index contributed by atoms with van der Waals surface area (Å²) in [5, 5.41) is 3.57. The van der Waals surface area contributed by atoms with Crippen LogP contribution in [0.15, 0.2) is 48.5 Å². The van der Waals surface area contributed by atoms with Crippen LogP contribution in [0.2, 0.25) is 5.02 Å². The third kappa shape index (κ3) is 3.48. The minimum absolute atomic E-state index is 0.118. The molecule has 3 nitrogen and oxygen atoms in total. The average Bonchev–Trinajstić information content (AvgIpc) is 2.38. The van der Waals surface area contributed by atoms with Crippen LogP contribution < -0.4 is 11.1 Å². The molecule has 0 spiro atoms. The SMILES string of the molecule is C[C@@H](NC(=O)c1cccc(N)c1)c1cccc(Cl)c1. The summed E-state index contributed by atoms with van der Waals surface area (Å²) in [5.41, 5.74) is 7.75. The van der Waals surface area contributed by atoms with Gasteiger partial charge in [0, 0.05) is 16.3 Å². The van der Waals surface area contributed by atoms with Crippen LogP contribution in [0.4, 0.5) is 5.69 Å². The number of amides is 1. The molecular weight excluding hydrogens is 260 g/mol. The first-order chi connectivity index (χ1) is 9.06. The fourth-order valence-corrected chi connectivity index (χ4v) is 2.02. The molecule has 0 aliphatic rings. The fourth-order valence-electron chi connectivity index (χ4n) is 1.82. The topological polar surface area (TPSA) is 55.1 Å². The molecule has 4 heteroatoms. The Bertz CT molecular complexity index is 598. The van der Waals surface area contributed by atoms with E-state index < -0.39 is 0 Å². The molecule has 0 radical (unpaired) electrons. The van der Waals surface area contributed by atoms with Gasteiger partial charge in [-0.3, -0.25) is 4.79 Å². The van der Waals surface area contributed by atoms with Gasteiger partial charge in [-0.2, -0.15) is 0 Å². The zero-order valence-corrected chi connectivity index (χ0v) is 11.3. The lowest BCUT2D eigenvalue weighted by molar-refractivity contribution is 0.0940. The molecule has 0 unspecified atom stereocenters. The van der Waals surface area contributed by atoms with Crippen LogP contribution in [-0.4, -0.2) is 5.91 Å². The molecule has 2 aromatic carbocycles. The van der Waals surface area contributed by atoms with Crippen molar-refractivity contribution in [3.8, 4) is 0 Å². The Morgan fingerprint density at radius 1 is 1.21 bits per heavy atom. The molecule has 1 amide bonds. The summed E-state index contributed by atoms with van der Waals surface area (Å²) in [6, 6.07) is 14.2. The van der Waals surface area contributed by atoms with E-state index in [1.54, 1.807) is 30.3 Å². The molecule has 0 aliphatic heterocycles. The van der Waals surface area contributed by atoms with Gasteiger partial charge in [0.15, 0.2) is 0 Å². The van der Waals surface area contributed by atoms with Gasteiger partial charge in [0.25, 0.3) is 5.91 Å².